The van der Waals surface area contributed by atoms with Gasteiger partial charge in [0.2, 0.25) is 0 Å². The fraction of sp³-hybridized carbons (Fsp3) is 0.900. The van der Waals surface area contributed by atoms with Crippen LogP contribution in [0.2, 0.25) is 0 Å². The lowest BCUT2D eigenvalue weighted by molar-refractivity contribution is -0.276. The fourth-order valence-electron chi connectivity index (χ4n) is 1.87. The summed E-state index contributed by atoms with van der Waals surface area (Å²) < 4.78 is 34.8. The standard InChI is InChI=1S/C10H16F2O4/c1-4-5(2)8(15-6(3)13)10(14)16-7(4)9(11)12/h4-5,7-10,14H,1-3H3/t4-,5-,7?,8?,10?/m0/s1. The van der Waals surface area contributed by atoms with E-state index in [0.29, 0.717) is 0 Å². The van der Waals surface area contributed by atoms with E-state index in [4.69, 9.17) is 9.47 Å². The van der Waals surface area contributed by atoms with E-state index < -0.39 is 36.8 Å². The van der Waals surface area contributed by atoms with Crippen LogP contribution >= 0.6 is 0 Å². The summed E-state index contributed by atoms with van der Waals surface area (Å²) in [6, 6.07) is 0. The van der Waals surface area contributed by atoms with Crippen molar-refractivity contribution in [3.8, 4) is 0 Å². The van der Waals surface area contributed by atoms with Gasteiger partial charge in [0.15, 0.2) is 12.4 Å². The van der Waals surface area contributed by atoms with Crippen LogP contribution in [0.15, 0.2) is 0 Å². The average molecular weight is 238 g/mol. The molecule has 0 aromatic carbocycles. The third-order valence-electron chi connectivity index (χ3n) is 2.99. The van der Waals surface area contributed by atoms with Crippen LogP contribution in [0.3, 0.4) is 0 Å². The van der Waals surface area contributed by atoms with Crippen LogP contribution in [0, 0.1) is 11.8 Å². The number of halogens is 2. The first kappa shape index (κ1) is 13.3. The van der Waals surface area contributed by atoms with Gasteiger partial charge in [-0.1, -0.05) is 13.8 Å². The highest BCUT2D eigenvalue weighted by molar-refractivity contribution is 5.66. The molecule has 0 aromatic rings. The van der Waals surface area contributed by atoms with Gasteiger partial charge in [0.1, 0.15) is 6.10 Å². The van der Waals surface area contributed by atoms with Gasteiger partial charge < -0.3 is 14.6 Å². The van der Waals surface area contributed by atoms with Crippen molar-refractivity contribution in [2.45, 2.75) is 45.7 Å². The molecule has 0 bridgehead atoms. The Balaban J connectivity index is 2.75. The summed E-state index contributed by atoms with van der Waals surface area (Å²) in [6.45, 7) is 4.44. The molecule has 94 valence electrons. The van der Waals surface area contributed by atoms with Gasteiger partial charge in [-0.25, -0.2) is 8.78 Å². The van der Waals surface area contributed by atoms with Crippen LogP contribution in [0.25, 0.3) is 0 Å². The zero-order valence-corrected chi connectivity index (χ0v) is 9.39. The second kappa shape index (κ2) is 5.05. The first-order valence-corrected chi connectivity index (χ1v) is 5.13. The van der Waals surface area contributed by atoms with Gasteiger partial charge in [0.05, 0.1) is 0 Å². The molecule has 0 aliphatic carbocycles. The number of rotatable bonds is 2. The lowest BCUT2D eigenvalue weighted by Gasteiger charge is -2.41. The first-order valence-electron chi connectivity index (χ1n) is 5.13. The summed E-state index contributed by atoms with van der Waals surface area (Å²) in [5, 5.41) is 9.49. The molecule has 1 saturated heterocycles. The summed E-state index contributed by atoms with van der Waals surface area (Å²) in [5.41, 5.74) is 0. The number of carbonyl (C=O) groups is 1. The number of ether oxygens (including phenoxy) is 2. The second-order valence-corrected chi connectivity index (χ2v) is 4.12. The minimum atomic E-state index is -2.66. The second-order valence-electron chi connectivity index (χ2n) is 4.12. The van der Waals surface area contributed by atoms with Crippen LogP contribution in [0.4, 0.5) is 8.78 Å². The lowest BCUT2D eigenvalue weighted by atomic mass is 9.83. The molecule has 1 N–H and O–H groups in total. The Bertz CT molecular complexity index is 259. The smallest absolute Gasteiger partial charge is 0.303 e. The van der Waals surface area contributed by atoms with Crippen molar-refractivity contribution in [3.05, 3.63) is 0 Å². The van der Waals surface area contributed by atoms with Gasteiger partial charge in [-0.05, 0) is 5.92 Å². The highest BCUT2D eigenvalue weighted by atomic mass is 19.3. The number of hydrogen-bond donors (Lipinski definition) is 1. The number of alkyl halides is 2. The summed E-state index contributed by atoms with van der Waals surface area (Å²) in [4.78, 5) is 10.8. The summed E-state index contributed by atoms with van der Waals surface area (Å²) in [5.74, 6) is -1.44. The topological polar surface area (TPSA) is 55.8 Å². The van der Waals surface area contributed by atoms with Gasteiger partial charge >= 0.3 is 5.97 Å². The van der Waals surface area contributed by atoms with Gasteiger partial charge in [-0.15, -0.1) is 0 Å². The van der Waals surface area contributed by atoms with E-state index in [1.165, 1.54) is 6.92 Å². The molecule has 3 unspecified atom stereocenters. The van der Waals surface area contributed by atoms with E-state index in [1.54, 1.807) is 13.8 Å². The van der Waals surface area contributed by atoms with Crippen molar-refractivity contribution in [3.63, 3.8) is 0 Å². The van der Waals surface area contributed by atoms with Crippen molar-refractivity contribution in [2.24, 2.45) is 11.8 Å². The Kier molecular flexibility index (Phi) is 4.21. The van der Waals surface area contributed by atoms with E-state index >= 15 is 0 Å². The van der Waals surface area contributed by atoms with Crippen molar-refractivity contribution in [1.29, 1.82) is 0 Å². The number of esters is 1. The normalized spacial score (nSPS) is 39.8. The lowest BCUT2D eigenvalue weighted by Crippen LogP contribution is -2.53. The van der Waals surface area contributed by atoms with Crippen molar-refractivity contribution < 1.29 is 28.2 Å². The first-order chi connectivity index (χ1) is 7.34. The molecule has 0 saturated carbocycles. The predicted molar refractivity (Wildman–Crippen MR) is 50.8 cm³/mol. The third-order valence-corrected chi connectivity index (χ3v) is 2.99. The Labute approximate surface area is 92.5 Å². The van der Waals surface area contributed by atoms with Gasteiger partial charge in [-0.3, -0.25) is 4.79 Å². The van der Waals surface area contributed by atoms with Crippen LogP contribution in [0.1, 0.15) is 20.8 Å². The molecule has 16 heavy (non-hydrogen) atoms. The predicted octanol–water partition coefficient (Wildman–Crippen LogP) is 1.17. The van der Waals surface area contributed by atoms with E-state index in [2.05, 4.69) is 0 Å². The average Bonchev–Trinajstić information content (AvgIpc) is 2.17. The molecule has 0 amide bonds. The van der Waals surface area contributed by atoms with E-state index in [9.17, 15) is 18.7 Å². The molecule has 1 heterocycles. The molecule has 6 heteroatoms. The Morgan fingerprint density at radius 1 is 1.38 bits per heavy atom. The maximum absolute atomic E-state index is 12.6. The SMILES string of the molecule is CC(=O)OC1C(O)OC(C(F)F)[C@@H](C)[C@@H]1C. The van der Waals surface area contributed by atoms with E-state index in [-0.39, 0.29) is 5.92 Å². The quantitative estimate of drug-likeness (QED) is 0.734. The molecular formula is C10H16F2O4. The van der Waals surface area contributed by atoms with Crippen molar-refractivity contribution in [1.82, 2.24) is 0 Å². The minimum Gasteiger partial charge on any atom is -0.457 e. The maximum atomic E-state index is 12.6. The van der Waals surface area contributed by atoms with E-state index in [1.807, 2.05) is 0 Å². The molecule has 1 aliphatic heterocycles. The molecule has 1 aliphatic rings. The molecule has 1 rings (SSSR count). The highest BCUT2D eigenvalue weighted by Gasteiger charge is 2.45. The van der Waals surface area contributed by atoms with Crippen LogP contribution in [0.5, 0.6) is 0 Å². The molecule has 1 fully saturated rings. The van der Waals surface area contributed by atoms with E-state index in [0.717, 1.165) is 0 Å². The maximum Gasteiger partial charge on any atom is 0.303 e. The Morgan fingerprint density at radius 2 is 1.94 bits per heavy atom. The summed E-state index contributed by atoms with van der Waals surface area (Å²) in [6.07, 6.45) is -6.36. The molecule has 0 radical (unpaired) electrons. The monoisotopic (exact) mass is 238 g/mol. The van der Waals surface area contributed by atoms with Crippen LogP contribution < -0.4 is 0 Å². The Morgan fingerprint density at radius 3 is 2.38 bits per heavy atom. The van der Waals surface area contributed by atoms with Gasteiger partial charge in [0.25, 0.3) is 6.43 Å². The number of aliphatic hydroxyl groups excluding tert-OH is 1. The molecule has 0 aromatic heterocycles. The molecular weight excluding hydrogens is 222 g/mol. The molecule has 5 atom stereocenters. The summed E-state index contributed by atoms with van der Waals surface area (Å²) >= 11 is 0. The Hall–Kier alpha value is -0.750. The third kappa shape index (κ3) is 2.68. The molecule has 0 spiro atoms. The van der Waals surface area contributed by atoms with Gasteiger partial charge in [-0.2, -0.15) is 0 Å². The minimum absolute atomic E-state index is 0.383. The van der Waals surface area contributed by atoms with Crippen LogP contribution in [-0.2, 0) is 14.3 Å². The zero-order chi connectivity index (χ0) is 12.5. The van der Waals surface area contributed by atoms with Crippen molar-refractivity contribution in [2.75, 3.05) is 0 Å². The fourth-order valence-corrected chi connectivity index (χ4v) is 1.87. The number of aliphatic hydroxyl groups is 1. The largest absolute Gasteiger partial charge is 0.457 e. The number of carbonyl (C=O) groups excluding carboxylic acids is 1. The molecule has 4 nitrogen and oxygen atoms in total. The zero-order valence-electron chi connectivity index (χ0n) is 9.39. The summed E-state index contributed by atoms with van der Waals surface area (Å²) in [7, 11) is 0. The number of hydrogen-bond acceptors (Lipinski definition) is 4. The van der Waals surface area contributed by atoms with Crippen LogP contribution in [-0.4, -0.2) is 36.0 Å². The van der Waals surface area contributed by atoms with Crippen molar-refractivity contribution >= 4 is 5.97 Å². The highest BCUT2D eigenvalue weighted by Crippen LogP contribution is 2.34. The van der Waals surface area contributed by atoms with Gasteiger partial charge in [0, 0.05) is 12.8 Å².